The zero-order chi connectivity index (χ0) is 18.9. The molecule has 140 valence electrons. The van der Waals surface area contributed by atoms with E-state index < -0.39 is 5.54 Å². The Morgan fingerprint density at radius 2 is 1.74 bits per heavy atom. The first kappa shape index (κ1) is 17.4. The Morgan fingerprint density at radius 1 is 1.04 bits per heavy atom. The van der Waals surface area contributed by atoms with Crippen molar-refractivity contribution in [1.82, 2.24) is 10.2 Å². The van der Waals surface area contributed by atoms with Crippen molar-refractivity contribution in [2.45, 2.75) is 24.8 Å². The molecule has 0 aromatic heterocycles. The van der Waals surface area contributed by atoms with Crippen molar-refractivity contribution in [3.05, 3.63) is 59.7 Å². The largest absolute Gasteiger partial charge is 0.497 e. The highest BCUT2D eigenvalue weighted by atomic mass is 16.5. The number of methoxy groups -OCH3 is 1. The van der Waals surface area contributed by atoms with Gasteiger partial charge in [0.2, 0.25) is 0 Å². The standard InChI is InChI=1S/C21H22N2O4/c1-26-17-6-8-18(9-7-17)27-13-12-23-19(24)21(22-20(23)25)11-10-15-4-2-3-5-16(15)14-21/h2-9H,10-14H2,1H3,(H,22,25)/t21-/m0/s1. The lowest BCUT2D eigenvalue weighted by molar-refractivity contribution is -0.132. The van der Waals surface area contributed by atoms with Crippen LogP contribution in [-0.4, -0.2) is 42.6 Å². The first-order valence-electron chi connectivity index (χ1n) is 9.09. The lowest BCUT2D eigenvalue weighted by Gasteiger charge is -2.32. The molecule has 1 spiro atoms. The van der Waals surface area contributed by atoms with Crippen molar-refractivity contribution < 1.29 is 19.1 Å². The van der Waals surface area contributed by atoms with Gasteiger partial charge in [0.1, 0.15) is 23.6 Å². The van der Waals surface area contributed by atoms with Gasteiger partial charge in [-0.25, -0.2) is 4.79 Å². The van der Waals surface area contributed by atoms with Gasteiger partial charge in [0.15, 0.2) is 0 Å². The fourth-order valence-corrected chi connectivity index (χ4v) is 3.83. The lowest BCUT2D eigenvalue weighted by Crippen LogP contribution is -2.51. The van der Waals surface area contributed by atoms with Gasteiger partial charge in [-0.05, 0) is 48.2 Å². The number of hydrogen-bond donors (Lipinski definition) is 1. The summed E-state index contributed by atoms with van der Waals surface area (Å²) in [6.07, 6.45) is 1.96. The molecule has 0 saturated carbocycles. The summed E-state index contributed by atoms with van der Waals surface area (Å²) in [6.45, 7) is 0.470. The molecule has 1 aliphatic heterocycles. The van der Waals surface area contributed by atoms with E-state index in [9.17, 15) is 9.59 Å². The molecule has 27 heavy (non-hydrogen) atoms. The predicted octanol–water partition coefficient (Wildman–Crippen LogP) is 2.55. The van der Waals surface area contributed by atoms with Crippen LogP contribution >= 0.6 is 0 Å². The predicted molar refractivity (Wildman–Crippen MR) is 99.9 cm³/mol. The number of fused-ring (bicyclic) bond motifs is 1. The van der Waals surface area contributed by atoms with E-state index in [1.807, 2.05) is 18.2 Å². The van der Waals surface area contributed by atoms with Gasteiger partial charge in [-0.15, -0.1) is 0 Å². The molecule has 2 aromatic rings. The third-order valence-electron chi connectivity index (χ3n) is 5.32. The van der Waals surface area contributed by atoms with E-state index in [4.69, 9.17) is 9.47 Å². The topological polar surface area (TPSA) is 67.9 Å². The lowest BCUT2D eigenvalue weighted by atomic mass is 9.78. The van der Waals surface area contributed by atoms with Gasteiger partial charge in [-0.2, -0.15) is 0 Å². The fraction of sp³-hybridized carbons (Fsp3) is 0.333. The molecule has 1 heterocycles. The van der Waals surface area contributed by atoms with Crippen molar-refractivity contribution in [3.8, 4) is 11.5 Å². The molecule has 6 nitrogen and oxygen atoms in total. The normalized spacial score (nSPS) is 21.1. The molecule has 0 radical (unpaired) electrons. The number of carbonyl (C=O) groups is 2. The van der Waals surface area contributed by atoms with Crippen molar-refractivity contribution in [3.63, 3.8) is 0 Å². The van der Waals surface area contributed by atoms with Crippen LogP contribution < -0.4 is 14.8 Å². The number of carbonyl (C=O) groups excluding carboxylic acids is 2. The third kappa shape index (κ3) is 3.23. The summed E-state index contributed by atoms with van der Waals surface area (Å²) in [6, 6.07) is 15.0. The van der Waals surface area contributed by atoms with Crippen LogP contribution in [0.5, 0.6) is 11.5 Å². The molecular formula is C21H22N2O4. The van der Waals surface area contributed by atoms with Gasteiger partial charge >= 0.3 is 6.03 Å². The summed E-state index contributed by atoms with van der Waals surface area (Å²) < 4.78 is 10.8. The highest BCUT2D eigenvalue weighted by Gasteiger charge is 2.52. The number of rotatable bonds is 5. The van der Waals surface area contributed by atoms with Gasteiger partial charge in [0.25, 0.3) is 5.91 Å². The Hall–Kier alpha value is -3.02. The number of hydrogen-bond acceptors (Lipinski definition) is 4. The average Bonchev–Trinajstić information content (AvgIpc) is 2.92. The van der Waals surface area contributed by atoms with E-state index in [1.54, 1.807) is 31.4 Å². The second-order valence-electron chi connectivity index (χ2n) is 6.94. The first-order valence-corrected chi connectivity index (χ1v) is 9.09. The number of benzene rings is 2. The summed E-state index contributed by atoms with van der Waals surface area (Å²) in [5.74, 6) is 1.26. The SMILES string of the molecule is COc1ccc(OCCN2C(=O)N[C@]3(CCc4ccccc4C3)C2=O)cc1. The van der Waals surface area contributed by atoms with Crippen molar-refractivity contribution in [1.29, 1.82) is 0 Å². The van der Waals surface area contributed by atoms with Gasteiger partial charge in [0, 0.05) is 6.42 Å². The van der Waals surface area contributed by atoms with Crippen molar-refractivity contribution in [2.75, 3.05) is 20.3 Å². The van der Waals surface area contributed by atoms with E-state index >= 15 is 0 Å². The van der Waals surface area contributed by atoms with Crippen LogP contribution in [0, 0.1) is 0 Å². The molecule has 2 aliphatic rings. The van der Waals surface area contributed by atoms with Gasteiger partial charge in [-0.1, -0.05) is 24.3 Å². The molecule has 1 atom stereocenters. The van der Waals surface area contributed by atoms with Crippen LogP contribution in [0.25, 0.3) is 0 Å². The number of urea groups is 1. The quantitative estimate of drug-likeness (QED) is 0.826. The summed E-state index contributed by atoms with van der Waals surface area (Å²) >= 11 is 0. The highest BCUT2D eigenvalue weighted by Crippen LogP contribution is 2.33. The molecule has 1 fully saturated rings. The summed E-state index contributed by atoms with van der Waals surface area (Å²) in [7, 11) is 1.60. The number of ether oxygens (including phenoxy) is 2. The minimum atomic E-state index is -0.814. The minimum absolute atomic E-state index is 0.152. The maximum Gasteiger partial charge on any atom is 0.325 e. The third-order valence-corrected chi connectivity index (χ3v) is 5.32. The average molecular weight is 366 g/mol. The van der Waals surface area contributed by atoms with Crippen molar-refractivity contribution in [2.24, 2.45) is 0 Å². The highest BCUT2D eigenvalue weighted by molar-refractivity contribution is 6.07. The zero-order valence-corrected chi connectivity index (χ0v) is 15.2. The second kappa shape index (κ2) is 6.95. The van der Waals surface area contributed by atoms with Crippen LogP contribution in [0.3, 0.4) is 0 Å². The maximum absolute atomic E-state index is 13.0. The maximum atomic E-state index is 13.0. The Morgan fingerprint density at radius 3 is 2.48 bits per heavy atom. The number of amides is 3. The number of nitrogens with zero attached hydrogens (tertiary/aromatic N) is 1. The molecule has 0 bridgehead atoms. The molecule has 1 aliphatic carbocycles. The van der Waals surface area contributed by atoms with E-state index in [0.29, 0.717) is 18.6 Å². The number of aryl methyl sites for hydroxylation is 1. The minimum Gasteiger partial charge on any atom is -0.497 e. The van der Waals surface area contributed by atoms with Crippen LogP contribution in [0.15, 0.2) is 48.5 Å². The number of nitrogens with one attached hydrogen (secondary N) is 1. The smallest absolute Gasteiger partial charge is 0.325 e. The summed E-state index contributed by atoms with van der Waals surface area (Å²) in [5.41, 5.74) is 1.58. The molecule has 0 unspecified atom stereocenters. The first-order chi connectivity index (χ1) is 13.1. The molecule has 3 amide bonds. The summed E-state index contributed by atoms with van der Waals surface area (Å²) in [5, 5.41) is 2.94. The molecule has 2 aromatic carbocycles. The molecule has 6 heteroatoms. The van der Waals surface area contributed by atoms with Crippen LogP contribution in [-0.2, 0) is 17.6 Å². The molecule has 4 rings (SSSR count). The van der Waals surface area contributed by atoms with Crippen LogP contribution in [0.1, 0.15) is 17.5 Å². The van der Waals surface area contributed by atoms with E-state index in [1.165, 1.54) is 10.5 Å². The Kier molecular flexibility index (Phi) is 4.48. The van der Waals surface area contributed by atoms with E-state index in [-0.39, 0.29) is 25.1 Å². The monoisotopic (exact) mass is 366 g/mol. The second-order valence-corrected chi connectivity index (χ2v) is 6.94. The van der Waals surface area contributed by atoms with Gasteiger partial charge in [-0.3, -0.25) is 9.69 Å². The van der Waals surface area contributed by atoms with E-state index in [0.717, 1.165) is 17.7 Å². The Labute approximate surface area is 158 Å². The fourth-order valence-electron chi connectivity index (χ4n) is 3.83. The molecule has 1 saturated heterocycles. The Balaban J connectivity index is 1.40. The summed E-state index contributed by atoms with van der Waals surface area (Å²) in [4.78, 5) is 26.7. The zero-order valence-electron chi connectivity index (χ0n) is 15.2. The molecular weight excluding hydrogens is 344 g/mol. The molecule has 1 N–H and O–H groups in total. The van der Waals surface area contributed by atoms with Crippen LogP contribution in [0.2, 0.25) is 0 Å². The van der Waals surface area contributed by atoms with Crippen LogP contribution in [0.4, 0.5) is 4.79 Å². The number of imide groups is 1. The Bertz CT molecular complexity index is 865. The van der Waals surface area contributed by atoms with Gasteiger partial charge < -0.3 is 14.8 Å². The van der Waals surface area contributed by atoms with E-state index in [2.05, 4.69) is 11.4 Å². The van der Waals surface area contributed by atoms with Crippen molar-refractivity contribution >= 4 is 11.9 Å². The van der Waals surface area contributed by atoms with Gasteiger partial charge in [0.05, 0.1) is 13.7 Å².